The van der Waals surface area contributed by atoms with Gasteiger partial charge >= 0.3 is 0 Å². The van der Waals surface area contributed by atoms with Crippen LogP contribution in [0.2, 0.25) is 0 Å². The predicted molar refractivity (Wildman–Crippen MR) is 92.2 cm³/mol. The number of hydrogen-bond acceptors (Lipinski definition) is 3. The van der Waals surface area contributed by atoms with Crippen molar-refractivity contribution in [2.75, 3.05) is 0 Å². The van der Waals surface area contributed by atoms with Gasteiger partial charge in [0.2, 0.25) is 0 Å². The molecule has 1 aromatic heterocycles. The first-order chi connectivity index (χ1) is 10.5. The quantitative estimate of drug-likeness (QED) is 0.888. The highest BCUT2D eigenvalue weighted by Gasteiger charge is 2.15. The SMILES string of the molecule is CCCCc1nc2c(C(C)N)cc(C)cc2c(=O)n1CCC. The maximum absolute atomic E-state index is 12.9. The molecule has 0 bridgehead atoms. The van der Waals surface area contributed by atoms with Gasteiger partial charge in [0.25, 0.3) is 5.56 Å². The minimum atomic E-state index is -0.129. The van der Waals surface area contributed by atoms with Crippen LogP contribution in [0.25, 0.3) is 10.9 Å². The topological polar surface area (TPSA) is 60.9 Å². The van der Waals surface area contributed by atoms with Crippen molar-refractivity contribution >= 4 is 10.9 Å². The summed E-state index contributed by atoms with van der Waals surface area (Å²) < 4.78 is 1.85. The van der Waals surface area contributed by atoms with E-state index in [1.165, 1.54) is 0 Å². The van der Waals surface area contributed by atoms with Crippen LogP contribution in [0.4, 0.5) is 0 Å². The molecule has 1 aromatic carbocycles. The van der Waals surface area contributed by atoms with Gasteiger partial charge in [-0.25, -0.2) is 4.98 Å². The van der Waals surface area contributed by atoms with Crippen LogP contribution in [0.5, 0.6) is 0 Å². The Hall–Kier alpha value is -1.68. The first-order valence-corrected chi connectivity index (χ1v) is 8.29. The molecular formula is C18H27N3O. The molecule has 0 spiro atoms. The Labute approximate surface area is 132 Å². The van der Waals surface area contributed by atoms with Crippen molar-refractivity contribution in [2.24, 2.45) is 5.73 Å². The Morgan fingerprint density at radius 1 is 1.27 bits per heavy atom. The number of rotatable bonds is 6. The summed E-state index contributed by atoms with van der Waals surface area (Å²) in [4.78, 5) is 17.7. The molecule has 4 nitrogen and oxygen atoms in total. The van der Waals surface area contributed by atoms with Gasteiger partial charge < -0.3 is 5.73 Å². The fourth-order valence-corrected chi connectivity index (χ4v) is 2.87. The van der Waals surface area contributed by atoms with Gasteiger partial charge in [-0.2, -0.15) is 0 Å². The molecule has 0 amide bonds. The Morgan fingerprint density at radius 2 is 2.00 bits per heavy atom. The number of nitrogens with zero attached hydrogens (tertiary/aromatic N) is 2. The predicted octanol–water partition coefficient (Wildman–Crippen LogP) is 3.48. The highest BCUT2D eigenvalue weighted by Crippen LogP contribution is 2.22. The summed E-state index contributed by atoms with van der Waals surface area (Å²) in [5.74, 6) is 0.895. The lowest BCUT2D eigenvalue weighted by molar-refractivity contribution is 0.590. The Bertz CT molecular complexity index is 716. The summed E-state index contributed by atoms with van der Waals surface area (Å²) in [7, 11) is 0. The smallest absolute Gasteiger partial charge is 0.261 e. The van der Waals surface area contributed by atoms with E-state index in [4.69, 9.17) is 10.7 Å². The molecule has 22 heavy (non-hydrogen) atoms. The molecule has 0 aliphatic heterocycles. The van der Waals surface area contributed by atoms with Crippen LogP contribution in [0.15, 0.2) is 16.9 Å². The maximum atomic E-state index is 12.9. The molecule has 2 N–H and O–H groups in total. The van der Waals surface area contributed by atoms with E-state index in [9.17, 15) is 4.79 Å². The molecular weight excluding hydrogens is 274 g/mol. The largest absolute Gasteiger partial charge is 0.324 e. The highest BCUT2D eigenvalue weighted by atomic mass is 16.1. The lowest BCUT2D eigenvalue weighted by atomic mass is 10.0. The molecule has 0 saturated carbocycles. The molecule has 2 aromatic rings. The summed E-state index contributed by atoms with van der Waals surface area (Å²) in [5, 5.41) is 0.695. The van der Waals surface area contributed by atoms with Crippen molar-refractivity contribution in [1.82, 2.24) is 9.55 Å². The minimum absolute atomic E-state index is 0.0727. The third-order valence-electron chi connectivity index (χ3n) is 4.00. The summed E-state index contributed by atoms with van der Waals surface area (Å²) in [5.41, 5.74) is 8.98. The number of fused-ring (bicyclic) bond motifs is 1. The van der Waals surface area contributed by atoms with Gasteiger partial charge in [0.15, 0.2) is 0 Å². The first-order valence-electron chi connectivity index (χ1n) is 8.29. The number of benzene rings is 1. The molecule has 0 aliphatic rings. The monoisotopic (exact) mass is 301 g/mol. The molecule has 2 rings (SSSR count). The second-order valence-corrected chi connectivity index (χ2v) is 6.13. The Kier molecular flexibility index (Phi) is 5.35. The number of unbranched alkanes of at least 4 members (excludes halogenated alkanes) is 1. The molecule has 4 heteroatoms. The van der Waals surface area contributed by atoms with Crippen molar-refractivity contribution in [3.8, 4) is 0 Å². The normalized spacial score (nSPS) is 12.8. The van der Waals surface area contributed by atoms with Crippen LogP contribution in [0.3, 0.4) is 0 Å². The highest BCUT2D eigenvalue weighted by molar-refractivity contribution is 5.82. The zero-order valence-corrected chi connectivity index (χ0v) is 14.1. The Morgan fingerprint density at radius 3 is 2.59 bits per heavy atom. The minimum Gasteiger partial charge on any atom is -0.324 e. The van der Waals surface area contributed by atoms with E-state index < -0.39 is 0 Å². The van der Waals surface area contributed by atoms with Gasteiger partial charge in [-0.15, -0.1) is 0 Å². The van der Waals surface area contributed by atoms with Crippen LogP contribution in [0.1, 0.15) is 63.0 Å². The second-order valence-electron chi connectivity index (χ2n) is 6.13. The van der Waals surface area contributed by atoms with Crippen LogP contribution in [0, 0.1) is 6.92 Å². The van der Waals surface area contributed by atoms with Gasteiger partial charge in [0, 0.05) is 19.0 Å². The summed E-state index contributed by atoms with van der Waals surface area (Å²) in [6.07, 6.45) is 3.90. The standard InChI is InChI=1S/C18H27N3O/c1-5-7-8-16-20-17-14(13(4)19)10-12(3)11-15(17)18(22)21(16)9-6-2/h10-11,13H,5-9,19H2,1-4H3. The van der Waals surface area contributed by atoms with E-state index in [2.05, 4.69) is 13.8 Å². The number of nitrogens with two attached hydrogens (primary N) is 1. The van der Waals surface area contributed by atoms with E-state index in [0.717, 1.165) is 54.7 Å². The fraction of sp³-hybridized carbons (Fsp3) is 0.556. The van der Waals surface area contributed by atoms with Crippen molar-refractivity contribution in [3.63, 3.8) is 0 Å². The molecule has 1 unspecified atom stereocenters. The van der Waals surface area contributed by atoms with E-state index in [0.29, 0.717) is 5.39 Å². The number of aryl methyl sites for hydroxylation is 2. The molecule has 1 atom stereocenters. The molecule has 0 saturated heterocycles. The van der Waals surface area contributed by atoms with Crippen LogP contribution in [-0.2, 0) is 13.0 Å². The third-order valence-corrected chi connectivity index (χ3v) is 4.00. The van der Waals surface area contributed by atoms with Crippen LogP contribution in [-0.4, -0.2) is 9.55 Å². The van der Waals surface area contributed by atoms with Crippen molar-refractivity contribution in [3.05, 3.63) is 39.4 Å². The molecule has 0 aliphatic carbocycles. The average molecular weight is 301 g/mol. The fourth-order valence-electron chi connectivity index (χ4n) is 2.87. The lowest BCUT2D eigenvalue weighted by Crippen LogP contribution is -2.26. The zero-order valence-electron chi connectivity index (χ0n) is 14.1. The van der Waals surface area contributed by atoms with E-state index >= 15 is 0 Å². The van der Waals surface area contributed by atoms with Crippen LogP contribution >= 0.6 is 0 Å². The van der Waals surface area contributed by atoms with Gasteiger partial charge in [-0.3, -0.25) is 9.36 Å². The molecule has 0 fully saturated rings. The third kappa shape index (κ3) is 3.22. The molecule has 1 heterocycles. The summed E-state index contributed by atoms with van der Waals surface area (Å²) >= 11 is 0. The molecule has 120 valence electrons. The second kappa shape index (κ2) is 7.05. The Balaban J connectivity index is 2.77. The van der Waals surface area contributed by atoms with Gasteiger partial charge in [0.1, 0.15) is 5.82 Å². The first kappa shape index (κ1) is 16.7. The van der Waals surface area contributed by atoms with Crippen molar-refractivity contribution < 1.29 is 0 Å². The number of hydrogen-bond donors (Lipinski definition) is 1. The van der Waals surface area contributed by atoms with E-state index in [1.54, 1.807) is 0 Å². The van der Waals surface area contributed by atoms with Crippen molar-refractivity contribution in [2.45, 2.75) is 66.0 Å². The average Bonchev–Trinajstić information content (AvgIpc) is 2.48. The van der Waals surface area contributed by atoms with Gasteiger partial charge in [-0.05, 0) is 43.9 Å². The van der Waals surface area contributed by atoms with Gasteiger partial charge in [0.05, 0.1) is 10.9 Å². The van der Waals surface area contributed by atoms with E-state index in [1.807, 2.05) is 30.5 Å². The zero-order chi connectivity index (χ0) is 16.3. The summed E-state index contributed by atoms with van der Waals surface area (Å²) in [6.45, 7) is 8.91. The number of aromatic nitrogens is 2. The maximum Gasteiger partial charge on any atom is 0.261 e. The van der Waals surface area contributed by atoms with Crippen molar-refractivity contribution in [1.29, 1.82) is 0 Å². The van der Waals surface area contributed by atoms with Gasteiger partial charge in [-0.1, -0.05) is 26.3 Å². The molecule has 0 radical (unpaired) electrons. The summed E-state index contributed by atoms with van der Waals surface area (Å²) in [6, 6.07) is 3.86. The lowest BCUT2D eigenvalue weighted by Gasteiger charge is -2.16. The van der Waals surface area contributed by atoms with Crippen LogP contribution < -0.4 is 11.3 Å². The van der Waals surface area contributed by atoms with E-state index in [-0.39, 0.29) is 11.6 Å².